The Bertz CT molecular complexity index is 759. The number of alkyl halides is 3. The summed E-state index contributed by atoms with van der Waals surface area (Å²) in [6.45, 7) is 2.74. The van der Waals surface area contributed by atoms with Crippen LogP contribution >= 0.6 is 11.3 Å². The fraction of sp³-hybridized carbons (Fsp3) is 0.400. The third-order valence-corrected chi connectivity index (χ3v) is 4.55. The normalized spacial score (nSPS) is 15.0. The van der Waals surface area contributed by atoms with Crippen LogP contribution < -0.4 is 10.1 Å². The van der Waals surface area contributed by atoms with E-state index in [-0.39, 0.29) is 11.2 Å². The number of hydrogen-bond donors (Lipinski definition) is 1. The maximum Gasteiger partial charge on any atom is 0.445 e. The lowest BCUT2D eigenvalue weighted by Crippen LogP contribution is -2.57. The number of halogens is 3. The summed E-state index contributed by atoms with van der Waals surface area (Å²) >= 11 is 0.291. The van der Waals surface area contributed by atoms with Gasteiger partial charge in [0.1, 0.15) is 11.9 Å². The molecule has 1 aliphatic heterocycles. The first kappa shape index (κ1) is 17.5. The number of amides is 2. The molecule has 1 fully saturated rings. The summed E-state index contributed by atoms with van der Waals surface area (Å²) in [5.74, 6) is 0.786. The van der Waals surface area contributed by atoms with Gasteiger partial charge < -0.3 is 9.64 Å². The summed E-state index contributed by atoms with van der Waals surface area (Å²) < 4.78 is 43.2. The van der Waals surface area contributed by atoms with E-state index in [0.717, 1.165) is 17.7 Å². The zero-order chi connectivity index (χ0) is 18.0. The van der Waals surface area contributed by atoms with E-state index in [0.29, 0.717) is 24.4 Å². The van der Waals surface area contributed by atoms with Gasteiger partial charge in [-0.1, -0.05) is 36.5 Å². The molecule has 0 unspecified atom stereocenters. The van der Waals surface area contributed by atoms with E-state index in [9.17, 15) is 18.0 Å². The Labute approximate surface area is 145 Å². The summed E-state index contributed by atoms with van der Waals surface area (Å²) in [4.78, 5) is 13.4. The highest BCUT2D eigenvalue weighted by Crippen LogP contribution is 2.33. The van der Waals surface area contributed by atoms with Gasteiger partial charge in [0.15, 0.2) is 0 Å². The second kappa shape index (κ2) is 6.87. The first-order valence-corrected chi connectivity index (χ1v) is 8.39. The first-order chi connectivity index (χ1) is 11.9. The number of hydrogen-bond acceptors (Lipinski definition) is 5. The lowest BCUT2D eigenvalue weighted by atomic mass is 10.1. The number of carbonyl (C=O) groups excluding carboxylic acids is 1. The molecule has 0 saturated carbocycles. The van der Waals surface area contributed by atoms with Crippen molar-refractivity contribution in [3.63, 3.8) is 0 Å². The molecule has 1 aromatic carbocycles. The standard InChI is InChI=1S/C15H15F3N4O2S/c1-2-9-5-3-4-6-11(9)24-10-7-22(8-10)14(23)19-13-21-20-12(25-13)15(16,17)18/h3-6,10H,2,7-8H2,1H3,(H,19,21,23). The van der Waals surface area contributed by atoms with Gasteiger partial charge >= 0.3 is 12.2 Å². The van der Waals surface area contributed by atoms with Gasteiger partial charge in [-0.3, -0.25) is 5.32 Å². The molecule has 0 bridgehead atoms. The Morgan fingerprint density at radius 3 is 2.72 bits per heavy atom. The van der Waals surface area contributed by atoms with Crippen LogP contribution in [0.5, 0.6) is 5.75 Å². The molecule has 1 N–H and O–H groups in total. The van der Waals surface area contributed by atoms with E-state index in [1.807, 2.05) is 31.2 Å². The number of aromatic nitrogens is 2. The van der Waals surface area contributed by atoms with E-state index in [2.05, 4.69) is 15.5 Å². The van der Waals surface area contributed by atoms with Gasteiger partial charge in [-0.05, 0) is 18.1 Å². The minimum absolute atomic E-state index is 0.140. The van der Waals surface area contributed by atoms with Gasteiger partial charge in [0.05, 0.1) is 13.1 Å². The molecular formula is C15H15F3N4O2S. The van der Waals surface area contributed by atoms with Crippen LogP contribution in [0.1, 0.15) is 17.5 Å². The van der Waals surface area contributed by atoms with Gasteiger partial charge in [0.2, 0.25) is 10.1 Å². The molecular weight excluding hydrogens is 357 g/mol. The summed E-state index contributed by atoms with van der Waals surface area (Å²) in [5, 5.41) is 7.39. The lowest BCUT2D eigenvalue weighted by Gasteiger charge is -2.38. The Balaban J connectivity index is 1.51. The zero-order valence-corrected chi connectivity index (χ0v) is 14.0. The number of carbonyl (C=O) groups is 1. The Kier molecular flexibility index (Phi) is 4.80. The highest BCUT2D eigenvalue weighted by molar-refractivity contribution is 7.15. The van der Waals surface area contributed by atoms with Gasteiger partial charge in [-0.25, -0.2) is 4.79 Å². The van der Waals surface area contributed by atoms with Crippen molar-refractivity contribution < 1.29 is 22.7 Å². The second-order valence-corrected chi connectivity index (χ2v) is 6.42. The van der Waals surface area contributed by atoms with Gasteiger partial charge in [0.25, 0.3) is 0 Å². The number of nitrogens with one attached hydrogen (secondary N) is 1. The summed E-state index contributed by atoms with van der Waals surface area (Å²) in [5.41, 5.74) is 1.08. The van der Waals surface area contributed by atoms with Crippen LogP contribution in [0.4, 0.5) is 23.1 Å². The molecule has 0 aliphatic carbocycles. The van der Waals surface area contributed by atoms with Crippen molar-refractivity contribution in [3.05, 3.63) is 34.8 Å². The third-order valence-electron chi connectivity index (χ3n) is 3.66. The summed E-state index contributed by atoms with van der Waals surface area (Å²) in [6, 6.07) is 7.15. The number of anilines is 1. The quantitative estimate of drug-likeness (QED) is 0.893. The summed E-state index contributed by atoms with van der Waals surface area (Å²) in [6.07, 6.45) is -3.87. The van der Waals surface area contributed by atoms with Crippen LogP contribution in [0, 0.1) is 0 Å². The van der Waals surface area contributed by atoms with E-state index in [1.54, 1.807) is 0 Å². The third kappa shape index (κ3) is 4.01. The highest BCUT2D eigenvalue weighted by Gasteiger charge is 2.37. The number of ether oxygens (including phenoxy) is 1. The van der Waals surface area contributed by atoms with Crippen molar-refractivity contribution in [2.24, 2.45) is 0 Å². The average Bonchev–Trinajstić information content (AvgIpc) is 2.99. The molecule has 134 valence electrons. The molecule has 25 heavy (non-hydrogen) atoms. The number of likely N-dealkylation sites (tertiary alicyclic amines) is 1. The molecule has 0 atom stereocenters. The Morgan fingerprint density at radius 2 is 2.08 bits per heavy atom. The monoisotopic (exact) mass is 372 g/mol. The van der Waals surface area contributed by atoms with Crippen molar-refractivity contribution in [2.45, 2.75) is 25.6 Å². The molecule has 2 aromatic rings. The predicted octanol–water partition coefficient (Wildman–Crippen LogP) is 3.41. The van der Waals surface area contributed by atoms with Gasteiger partial charge in [-0.2, -0.15) is 13.2 Å². The van der Waals surface area contributed by atoms with Crippen LogP contribution in [-0.2, 0) is 12.6 Å². The number of nitrogens with zero attached hydrogens (tertiary/aromatic N) is 3. The van der Waals surface area contributed by atoms with Crippen LogP contribution in [0.2, 0.25) is 0 Å². The Morgan fingerprint density at radius 1 is 1.36 bits per heavy atom. The fourth-order valence-corrected chi connectivity index (χ4v) is 2.93. The lowest BCUT2D eigenvalue weighted by molar-refractivity contribution is -0.138. The van der Waals surface area contributed by atoms with E-state index >= 15 is 0 Å². The second-order valence-electron chi connectivity index (χ2n) is 5.45. The Hall–Kier alpha value is -2.36. The fourth-order valence-electron chi connectivity index (χ4n) is 2.33. The SMILES string of the molecule is CCc1ccccc1OC1CN(C(=O)Nc2nnc(C(F)(F)F)s2)C1. The number of benzene rings is 1. The maximum atomic E-state index is 12.5. The van der Waals surface area contributed by atoms with Crippen molar-refractivity contribution in [2.75, 3.05) is 18.4 Å². The maximum absolute atomic E-state index is 12.5. The van der Waals surface area contributed by atoms with Crippen molar-refractivity contribution in [1.29, 1.82) is 0 Å². The largest absolute Gasteiger partial charge is 0.486 e. The number of rotatable bonds is 4. The highest BCUT2D eigenvalue weighted by atomic mass is 32.1. The average molecular weight is 372 g/mol. The molecule has 0 radical (unpaired) electrons. The predicted molar refractivity (Wildman–Crippen MR) is 85.7 cm³/mol. The van der Waals surface area contributed by atoms with Crippen molar-refractivity contribution >= 4 is 22.5 Å². The molecule has 1 saturated heterocycles. The molecule has 3 rings (SSSR count). The van der Waals surface area contributed by atoms with Crippen LogP contribution in [0.3, 0.4) is 0 Å². The molecule has 2 heterocycles. The summed E-state index contributed by atoms with van der Waals surface area (Å²) in [7, 11) is 0. The molecule has 1 aromatic heterocycles. The molecule has 1 aliphatic rings. The molecule has 10 heteroatoms. The number of urea groups is 1. The molecule has 2 amide bonds. The van der Waals surface area contributed by atoms with E-state index < -0.39 is 17.2 Å². The van der Waals surface area contributed by atoms with E-state index in [1.165, 1.54) is 4.90 Å². The van der Waals surface area contributed by atoms with Gasteiger partial charge in [-0.15, -0.1) is 10.2 Å². The van der Waals surface area contributed by atoms with Gasteiger partial charge in [0, 0.05) is 0 Å². The number of aryl methyl sites for hydroxylation is 1. The number of para-hydroxylation sites is 1. The zero-order valence-electron chi connectivity index (χ0n) is 13.2. The van der Waals surface area contributed by atoms with Crippen molar-refractivity contribution in [3.8, 4) is 5.75 Å². The minimum Gasteiger partial charge on any atom is -0.486 e. The van der Waals surface area contributed by atoms with E-state index in [4.69, 9.17) is 4.74 Å². The van der Waals surface area contributed by atoms with Crippen molar-refractivity contribution in [1.82, 2.24) is 15.1 Å². The minimum atomic E-state index is -4.57. The van der Waals surface area contributed by atoms with Crippen LogP contribution in [0.15, 0.2) is 24.3 Å². The topological polar surface area (TPSA) is 67.3 Å². The smallest absolute Gasteiger partial charge is 0.445 e. The molecule has 0 spiro atoms. The van der Waals surface area contributed by atoms with Crippen LogP contribution in [0.25, 0.3) is 0 Å². The van der Waals surface area contributed by atoms with Crippen LogP contribution in [-0.4, -0.2) is 40.3 Å². The first-order valence-electron chi connectivity index (χ1n) is 7.58. The molecule has 6 nitrogen and oxygen atoms in total.